The minimum absolute atomic E-state index is 0.0555. The molecule has 0 bridgehead atoms. The number of nitrogens with zero attached hydrogens (tertiary/aromatic N) is 3. The molecule has 6 rings (SSSR count). The van der Waals surface area contributed by atoms with Gasteiger partial charge in [0.25, 0.3) is 0 Å². The van der Waals surface area contributed by atoms with Crippen LogP contribution in [0.5, 0.6) is 5.75 Å². The minimum Gasteiger partial charge on any atom is -0.487 e. The van der Waals surface area contributed by atoms with E-state index in [1.807, 2.05) is 53.4 Å². The molecular weight excluding hydrogens is 550 g/mol. The smallest absolute Gasteiger partial charge is 0.410 e. The number of hydrogen-bond acceptors (Lipinski definition) is 6. The first-order chi connectivity index (χ1) is 20.3. The van der Waals surface area contributed by atoms with Gasteiger partial charge in [0, 0.05) is 48.0 Å². The van der Waals surface area contributed by atoms with Gasteiger partial charge in [-0.25, -0.2) is 4.79 Å². The van der Waals surface area contributed by atoms with E-state index in [0.717, 1.165) is 84.6 Å². The zero-order valence-electron chi connectivity index (χ0n) is 24.3. The number of carbonyl (C=O) groups is 1. The summed E-state index contributed by atoms with van der Waals surface area (Å²) in [6, 6.07) is 18.1. The van der Waals surface area contributed by atoms with Crippen molar-refractivity contribution < 1.29 is 19.4 Å². The molecule has 2 saturated heterocycles. The molecule has 8 heteroatoms. The Morgan fingerprint density at radius 1 is 1.07 bits per heavy atom. The number of ether oxygens (including phenoxy) is 2. The molecule has 1 amide bonds. The molecule has 42 heavy (non-hydrogen) atoms. The summed E-state index contributed by atoms with van der Waals surface area (Å²) in [5, 5.41) is 11.4. The lowest BCUT2D eigenvalue weighted by Crippen LogP contribution is -2.49. The van der Waals surface area contributed by atoms with Gasteiger partial charge >= 0.3 is 6.09 Å². The van der Waals surface area contributed by atoms with Crippen molar-refractivity contribution in [1.82, 2.24) is 14.8 Å². The SMILES string of the molecule is CC(C)(O)c1ccc2c(c1)C(=CCCN1CCC(N3C(=O)OCC3Cc3ccc(Cl)cc3)CC1)c1cccnc1CO2. The van der Waals surface area contributed by atoms with E-state index in [1.165, 1.54) is 0 Å². The van der Waals surface area contributed by atoms with Crippen LogP contribution in [0, 0.1) is 0 Å². The second-order valence-corrected chi connectivity index (χ2v) is 12.4. The van der Waals surface area contributed by atoms with Crippen molar-refractivity contribution in [2.45, 2.75) is 63.8 Å². The Hall–Kier alpha value is -3.39. The second kappa shape index (κ2) is 12.1. The van der Waals surface area contributed by atoms with Crippen LogP contribution in [-0.4, -0.2) is 64.3 Å². The van der Waals surface area contributed by atoms with Crippen LogP contribution < -0.4 is 4.74 Å². The standard InChI is InChI=1S/C34H38ClN3O4/c1-34(2,40)24-9-12-32-30(20-24)28(29-5-3-15-36-31(29)22-41-32)6-4-16-37-17-13-26(14-18-37)38-27(21-42-33(38)39)19-23-7-10-25(35)11-8-23/h3,5-12,15,20,26-27,40H,4,13-14,16-19,21-22H2,1-2H3. The van der Waals surface area contributed by atoms with Crippen molar-refractivity contribution in [2.75, 3.05) is 26.2 Å². The van der Waals surface area contributed by atoms with E-state index < -0.39 is 5.60 Å². The maximum atomic E-state index is 12.7. The van der Waals surface area contributed by atoms with Crippen LogP contribution in [0.4, 0.5) is 4.79 Å². The predicted octanol–water partition coefficient (Wildman–Crippen LogP) is 6.20. The zero-order chi connectivity index (χ0) is 29.3. The highest BCUT2D eigenvalue weighted by atomic mass is 35.5. The topological polar surface area (TPSA) is 75.1 Å². The first kappa shape index (κ1) is 28.7. The van der Waals surface area contributed by atoms with Crippen LogP contribution >= 0.6 is 11.6 Å². The van der Waals surface area contributed by atoms with Crippen LogP contribution in [0.25, 0.3) is 5.57 Å². The Kier molecular flexibility index (Phi) is 8.26. The van der Waals surface area contributed by atoms with Crippen molar-refractivity contribution in [3.05, 3.63) is 99.8 Å². The molecule has 3 aliphatic rings. The number of amides is 1. The number of rotatable bonds is 7. The summed E-state index contributed by atoms with van der Waals surface area (Å²) in [5.41, 5.74) is 5.12. The minimum atomic E-state index is -0.954. The summed E-state index contributed by atoms with van der Waals surface area (Å²) in [4.78, 5) is 21.8. The molecule has 0 spiro atoms. The highest BCUT2D eigenvalue weighted by Crippen LogP contribution is 2.38. The maximum Gasteiger partial charge on any atom is 0.410 e. The summed E-state index contributed by atoms with van der Waals surface area (Å²) < 4.78 is 11.6. The van der Waals surface area contributed by atoms with E-state index in [2.05, 4.69) is 22.0 Å². The zero-order valence-corrected chi connectivity index (χ0v) is 25.0. The fraction of sp³-hybridized carbons (Fsp3) is 0.412. The highest BCUT2D eigenvalue weighted by molar-refractivity contribution is 6.30. The molecule has 1 atom stereocenters. The quantitative estimate of drug-likeness (QED) is 0.354. The van der Waals surface area contributed by atoms with Gasteiger partial charge < -0.3 is 19.5 Å². The van der Waals surface area contributed by atoms with Crippen LogP contribution in [-0.2, 0) is 23.4 Å². The molecule has 4 heterocycles. The van der Waals surface area contributed by atoms with E-state index in [4.69, 9.17) is 21.1 Å². The molecule has 1 unspecified atom stereocenters. The number of hydrogen-bond donors (Lipinski definition) is 1. The van der Waals surface area contributed by atoms with Gasteiger partial charge in [-0.3, -0.25) is 9.88 Å². The number of benzene rings is 2. The van der Waals surface area contributed by atoms with Gasteiger partial charge in [-0.2, -0.15) is 0 Å². The highest BCUT2D eigenvalue weighted by Gasteiger charge is 2.39. The molecule has 0 radical (unpaired) electrons. The lowest BCUT2D eigenvalue weighted by molar-refractivity contribution is 0.0785. The lowest BCUT2D eigenvalue weighted by Gasteiger charge is -2.37. The average Bonchev–Trinajstić information content (AvgIpc) is 3.26. The van der Waals surface area contributed by atoms with Crippen molar-refractivity contribution >= 4 is 23.3 Å². The summed E-state index contributed by atoms with van der Waals surface area (Å²) in [6.07, 6.45) is 7.40. The Labute approximate surface area is 252 Å². The second-order valence-electron chi connectivity index (χ2n) is 12.0. The van der Waals surface area contributed by atoms with Gasteiger partial charge in [0.2, 0.25) is 0 Å². The van der Waals surface area contributed by atoms with E-state index in [9.17, 15) is 9.90 Å². The summed E-state index contributed by atoms with van der Waals surface area (Å²) in [5.74, 6) is 0.804. The van der Waals surface area contributed by atoms with E-state index in [-0.39, 0.29) is 18.2 Å². The lowest BCUT2D eigenvalue weighted by atomic mass is 9.90. The molecule has 1 aromatic heterocycles. The van der Waals surface area contributed by atoms with Gasteiger partial charge in [0.1, 0.15) is 19.0 Å². The van der Waals surface area contributed by atoms with Gasteiger partial charge in [-0.15, -0.1) is 0 Å². The predicted molar refractivity (Wildman–Crippen MR) is 164 cm³/mol. The number of cyclic esters (lactones) is 1. The third kappa shape index (κ3) is 6.19. The Morgan fingerprint density at radius 3 is 2.62 bits per heavy atom. The first-order valence-corrected chi connectivity index (χ1v) is 15.2. The number of likely N-dealkylation sites (tertiary alicyclic amines) is 1. The van der Waals surface area contributed by atoms with Gasteiger partial charge in [0.05, 0.1) is 17.3 Å². The number of fused-ring (bicyclic) bond motifs is 2. The summed E-state index contributed by atoms with van der Waals surface area (Å²) in [6.45, 7) is 7.25. The number of halogens is 1. The third-order valence-corrected chi connectivity index (χ3v) is 8.91. The number of carbonyl (C=O) groups excluding carboxylic acids is 1. The fourth-order valence-electron chi connectivity index (χ4n) is 6.34. The van der Waals surface area contributed by atoms with Crippen LogP contribution in [0.1, 0.15) is 61.1 Å². The first-order valence-electron chi connectivity index (χ1n) is 14.8. The van der Waals surface area contributed by atoms with Crippen LogP contribution in [0.15, 0.2) is 66.9 Å². The molecule has 2 fully saturated rings. The molecule has 3 aliphatic heterocycles. The van der Waals surface area contributed by atoms with E-state index in [1.54, 1.807) is 20.0 Å². The molecule has 0 aliphatic carbocycles. The molecule has 7 nitrogen and oxygen atoms in total. The third-order valence-electron chi connectivity index (χ3n) is 8.65. The Morgan fingerprint density at radius 2 is 1.86 bits per heavy atom. The van der Waals surface area contributed by atoms with Gasteiger partial charge in [0.15, 0.2) is 0 Å². The molecule has 220 valence electrons. The number of aliphatic hydroxyl groups is 1. The maximum absolute atomic E-state index is 12.7. The van der Waals surface area contributed by atoms with Crippen molar-refractivity contribution in [2.24, 2.45) is 0 Å². The van der Waals surface area contributed by atoms with E-state index in [0.29, 0.717) is 18.2 Å². The van der Waals surface area contributed by atoms with Crippen LogP contribution in [0.3, 0.4) is 0 Å². The van der Waals surface area contributed by atoms with Gasteiger partial charge in [-0.05, 0) is 86.6 Å². The van der Waals surface area contributed by atoms with Crippen molar-refractivity contribution in [3.63, 3.8) is 0 Å². The molecule has 0 saturated carbocycles. The molecule has 2 aromatic carbocycles. The molecule has 3 aromatic rings. The van der Waals surface area contributed by atoms with Crippen molar-refractivity contribution in [1.29, 1.82) is 0 Å². The number of piperidine rings is 1. The Balaban J connectivity index is 1.12. The molecular formula is C34H38ClN3O4. The number of pyridine rings is 1. The largest absolute Gasteiger partial charge is 0.487 e. The Bertz CT molecular complexity index is 1460. The fourth-order valence-corrected chi connectivity index (χ4v) is 6.46. The van der Waals surface area contributed by atoms with E-state index >= 15 is 0 Å². The van der Waals surface area contributed by atoms with Gasteiger partial charge in [-0.1, -0.05) is 41.9 Å². The number of aromatic nitrogens is 1. The summed E-state index contributed by atoms with van der Waals surface area (Å²) in [7, 11) is 0. The normalized spacial score (nSPS) is 20.6. The molecule has 1 N–H and O–H groups in total. The summed E-state index contributed by atoms with van der Waals surface area (Å²) >= 11 is 6.06. The van der Waals surface area contributed by atoms with Crippen molar-refractivity contribution in [3.8, 4) is 5.75 Å². The van der Waals surface area contributed by atoms with Crippen LogP contribution in [0.2, 0.25) is 5.02 Å². The monoisotopic (exact) mass is 587 g/mol. The average molecular weight is 588 g/mol.